The van der Waals surface area contributed by atoms with Gasteiger partial charge in [-0.05, 0) is 38.1 Å². The second-order valence-electron chi connectivity index (χ2n) is 4.64. The van der Waals surface area contributed by atoms with E-state index in [1.54, 1.807) is 14.2 Å². The number of methoxy groups -OCH3 is 2. The van der Waals surface area contributed by atoms with Crippen molar-refractivity contribution in [2.45, 2.75) is 13.8 Å². The second kappa shape index (κ2) is 4.42. The molecule has 0 spiro atoms. The minimum absolute atomic E-state index is 0.948. The molecule has 0 saturated carbocycles. The van der Waals surface area contributed by atoms with Gasteiger partial charge in [0.15, 0.2) is 0 Å². The average Bonchev–Trinajstić information content (AvgIpc) is 2.80. The first-order valence-electron chi connectivity index (χ1n) is 6.20. The molecule has 0 aliphatic rings. The van der Waals surface area contributed by atoms with E-state index in [1.165, 1.54) is 31.3 Å². The van der Waals surface area contributed by atoms with E-state index in [1.807, 2.05) is 23.5 Å². The molecule has 0 amide bonds. The number of hydrogen-bond donors (Lipinski definition) is 0. The monoisotopic (exact) mass is 272 g/mol. The van der Waals surface area contributed by atoms with Crippen LogP contribution in [-0.2, 0) is 0 Å². The second-order valence-corrected chi connectivity index (χ2v) is 5.66. The zero-order valence-corrected chi connectivity index (χ0v) is 12.4. The molecule has 0 unspecified atom stereocenters. The quantitative estimate of drug-likeness (QED) is 0.674. The maximum atomic E-state index is 5.41. The van der Waals surface area contributed by atoms with Crippen molar-refractivity contribution in [1.29, 1.82) is 0 Å². The van der Waals surface area contributed by atoms with Crippen LogP contribution in [0.1, 0.15) is 11.1 Å². The summed E-state index contributed by atoms with van der Waals surface area (Å²) in [6, 6.07) is 8.38. The molecule has 0 atom stereocenters. The molecule has 1 aromatic heterocycles. The van der Waals surface area contributed by atoms with Crippen molar-refractivity contribution in [1.82, 2.24) is 0 Å². The summed E-state index contributed by atoms with van der Waals surface area (Å²) in [6.45, 7) is 4.23. The normalized spacial score (nSPS) is 11.2. The lowest BCUT2D eigenvalue weighted by molar-refractivity contribution is 0.412. The molecular formula is C16H16O2S. The van der Waals surface area contributed by atoms with Gasteiger partial charge < -0.3 is 9.47 Å². The minimum Gasteiger partial charge on any atom is -0.496 e. The Bertz CT molecular complexity index is 707. The van der Waals surface area contributed by atoms with Gasteiger partial charge in [0.05, 0.1) is 14.2 Å². The minimum atomic E-state index is 0.948. The summed E-state index contributed by atoms with van der Waals surface area (Å²) in [5, 5.41) is 2.59. The van der Waals surface area contributed by atoms with Gasteiger partial charge in [0.1, 0.15) is 11.5 Å². The third kappa shape index (κ3) is 1.69. The Morgan fingerprint density at radius 2 is 1.16 bits per heavy atom. The number of ether oxygens (including phenoxy) is 2. The number of aryl methyl sites for hydroxylation is 2. The van der Waals surface area contributed by atoms with Gasteiger partial charge in [-0.25, -0.2) is 0 Å². The van der Waals surface area contributed by atoms with Gasteiger partial charge in [0, 0.05) is 31.3 Å². The maximum absolute atomic E-state index is 5.41. The van der Waals surface area contributed by atoms with Crippen LogP contribution in [0.5, 0.6) is 11.5 Å². The Balaban J connectivity index is 2.44. The molecule has 0 saturated heterocycles. The van der Waals surface area contributed by atoms with Gasteiger partial charge in [-0.1, -0.05) is 0 Å². The SMILES string of the molecule is COc1ccc2c(sc3c(C)c(OC)ccc32)c1C. The summed E-state index contributed by atoms with van der Waals surface area (Å²) in [4.78, 5) is 0. The van der Waals surface area contributed by atoms with E-state index in [2.05, 4.69) is 26.0 Å². The van der Waals surface area contributed by atoms with Crippen LogP contribution in [0, 0.1) is 13.8 Å². The van der Waals surface area contributed by atoms with Crippen LogP contribution >= 0.6 is 11.3 Å². The van der Waals surface area contributed by atoms with Gasteiger partial charge in [-0.2, -0.15) is 0 Å². The molecule has 3 heteroatoms. The van der Waals surface area contributed by atoms with E-state index in [0.717, 1.165) is 11.5 Å². The van der Waals surface area contributed by atoms with E-state index in [0.29, 0.717) is 0 Å². The Morgan fingerprint density at radius 1 is 0.737 bits per heavy atom. The van der Waals surface area contributed by atoms with Crippen LogP contribution in [-0.4, -0.2) is 14.2 Å². The van der Waals surface area contributed by atoms with Crippen LogP contribution in [0.25, 0.3) is 20.2 Å². The fraction of sp³-hybridized carbons (Fsp3) is 0.250. The average molecular weight is 272 g/mol. The predicted molar refractivity (Wildman–Crippen MR) is 81.9 cm³/mol. The van der Waals surface area contributed by atoms with Gasteiger partial charge in [-0.3, -0.25) is 0 Å². The Morgan fingerprint density at radius 3 is 1.53 bits per heavy atom. The summed E-state index contributed by atoms with van der Waals surface area (Å²) in [5.74, 6) is 1.90. The molecule has 2 aromatic carbocycles. The summed E-state index contributed by atoms with van der Waals surface area (Å²) in [7, 11) is 3.44. The van der Waals surface area contributed by atoms with Gasteiger partial charge in [-0.15, -0.1) is 11.3 Å². The van der Waals surface area contributed by atoms with Crippen molar-refractivity contribution >= 4 is 31.5 Å². The van der Waals surface area contributed by atoms with Crippen LogP contribution in [0.2, 0.25) is 0 Å². The summed E-state index contributed by atoms with van der Waals surface area (Å²) in [6.07, 6.45) is 0. The highest BCUT2D eigenvalue weighted by molar-refractivity contribution is 7.26. The molecule has 0 bridgehead atoms. The Labute approximate surface area is 116 Å². The topological polar surface area (TPSA) is 18.5 Å². The van der Waals surface area contributed by atoms with Crippen LogP contribution in [0.15, 0.2) is 24.3 Å². The van der Waals surface area contributed by atoms with Crippen molar-refractivity contribution in [3.8, 4) is 11.5 Å². The number of fused-ring (bicyclic) bond motifs is 3. The van der Waals surface area contributed by atoms with Crippen LogP contribution in [0.4, 0.5) is 0 Å². The number of rotatable bonds is 2. The summed E-state index contributed by atoms with van der Waals surface area (Å²) in [5.41, 5.74) is 2.42. The first-order valence-corrected chi connectivity index (χ1v) is 7.02. The van der Waals surface area contributed by atoms with Crippen molar-refractivity contribution in [2.75, 3.05) is 14.2 Å². The van der Waals surface area contributed by atoms with Crippen LogP contribution in [0.3, 0.4) is 0 Å². The first-order chi connectivity index (χ1) is 9.17. The number of benzene rings is 2. The summed E-state index contributed by atoms with van der Waals surface area (Å²) < 4.78 is 13.4. The van der Waals surface area contributed by atoms with Crippen molar-refractivity contribution in [2.24, 2.45) is 0 Å². The third-order valence-corrected chi connectivity index (χ3v) is 5.11. The number of hydrogen-bond acceptors (Lipinski definition) is 3. The molecule has 0 radical (unpaired) electrons. The molecule has 1 heterocycles. The highest BCUT2D eigenvalue weighted by Gasteiger charge is 2.13. The first kappa shape index (κ1) is 12.3. The zero-order chi connectivity index (χ0) is 13.6. The molecule has 3 aromatic rings. The smallest absolute Gasteiger partial charge is 0.123 e. The maximum Gasteiger partial charge on any atom is 0.123 e. The van der Waals surface area contributed by atoms with E-state index >= 15 is 0 Å². The predicted octanol–water partition coefficient (Wildman–Crippen LogP) is 4.69. The standard InChI is InChI=1S/C16H16O2S/c1-9-13(17-3)7-5-11-12-6-8-14(18-4)10(2)16(12)19-15(9)11/h5-8H,1-4H3. The van der Waals surface area contributed by atoms with Crippen LogP contribution < -0.4 is 9.47 Å². The lowest BCUT2D eigenvalue weighted by Gasteiger charge is -2.05. The fourth-order valence-corrected chi connectivity index (χ4v) is 3.87. The molecule has 0 N–H and O–H groups in total. The lowest BCUT2D eigenvalue weighted by atomic mass is 10.1. The largest absolute Gasteiger partial charge is 0.496 e. The van der Waals surface area contributed by atoms with Gasteiger partial charge in [0.25, 0.3) is 0 Å². The zero-order valence-electron chi connectivity index (χ0n) is 11.5. The van der Waals surface area contributed by atoms with E-state index in [-0.39, 0.29) is 0 Å². The third-order valence-electron chi connectivity index (χ3n) is 3.65. The molecular weight excluding hydrogens is 256 g/mol. The number of thiophene rings is 1. The Kier molecular flexibility index (Phi) is 2.86. The fourth-order valence-electron chi connectivity index (χ4n) is 2.58. The lowest BCUT2D eigenvalue weighted by Crippen LogP contribution is -1.86. The molecule has 0 fully saturated rings. The van der Waals surface area contributed by atoms with Gasteiger partial charge in [0.2, 0.25) is 0 Å². The van der Waals surface area contributed by atoms with E-state index in [4.69, 9.17) is 9.47 Å². The molecule has 98 valence electrons. The van der Waals surface area contributed by atoms with Gasteiger partial charge >= 0.3 is 0 Å². The molecule has 0 aliphatic heterocycles. The molecule has 2 nitrogen and oxygen atoms in total. The molecule has 3 rings (SSSR count). The molecule has 19 heavy (non-hydrogen) atoms. The van der Waals surface area contributed by atoms with E-state index in [9.17, 15) is 0 Å². The van der Waals surface area contributed by atoms with Crippen molar-refractivity contribution in [3.63, 3.8) is 0 Å². The van der Waals surface area contributed by atoms with Crippen molar-refractivity contribution in [3.05, 3.63) is 35.4 Å². The summed E-state index contributed by atoms with van der Waals surface area (Å²) >= 11 is 1.81. The Hall–Kier alpha value is -1.74. The van der Waals surface area contributed by atoms with Crippen molar-refractivity contribution < 1.29 is 9.47 Å². The highest BCUT2D eigenvalue weighted by atomic mass is 32.1. The van der Waals surface area contributed by atoms with E-state index < -0.39 is 0 Å². The highest BCUT2D eigenvalue weighted by Crippen LogP contribution is 2.42. The molecule has 0 aliphatic carbocycles.